The lowest BCUT2D eigenvalue weighted by Crippen LogP contribution is -2.13. The number of methoxy groups -OCH3 is 1. The van der Waals surface area contributed by atoms with Crippen LogP contribution in [0.25, 0.3) is 0 Å². The smallest absolute Gasteiger partial charge is 0.0487 e. The first kappa shape index (κ1) is 13.9. The standard InChI is InChI=1S/C11H25NO2/c1-3-12-8-5-4-6-10-14-11-7-9-13-2/h12H,3-11H2,1-2H3. The maximum atomic E-state index is 5.44. The van der Waals surface area contributed by atoms with Gasteiger partial charge in [0, 0.05) is 26.9 Å². The van der Waals surface area contributed by atoms with Gasteiger partial charge >= 0.3 is 0 Å². The second kappa shape index (κ2) is 12.9. The highest BCUT2D eigenvalue weighted by Gasteiger charge is 1.90. The molecule has 0 saturated carbocycles. The summed E-state index contributed by atoms with van der Waals surface area (Å²) in [4.78, 5) is 0. The van der Waals surface area contributed by atoms with E-state index in [4.69, 9.17) is 9.47 Å². The Morgan fingerprint density at radius 2 is 1.71 bits per heavy atom. The van der Waals surface area contributed by atoms with Gasteiger partial charge in [-0.3, -0.25) is 0 Å². The molecule has 0 fully saturated rings. The Labute approximate surface area is 88.2 Å². The zero-order chi connectivity index (χ0) is 10.5. The lowest BCUT2D eigenvalue weighted by Gasteiger charge is -2.04. The Kier molecular flexibility index (Phi) is 12.8. The summed E-state index contributed by atoms with van der Waals surface area (Å²) >= 11 is 0. The fourth-order valence-electron chi connectivity index (χ4n) is 1.22. The number of rotatable bonds is 11. The van der Waals surface area contributed by atoms with Crippen molar-refractivity contribution in [3.63, 3.8) is 0 Å². The van der Waals surface area contributed by atoms with E-state index in [1.54, 1.807) is 7.11 Å². The number of unbranched alkanes of at least 4 members (excludes halogenated alkanes) is 2. The van der Waals surface area contributed by atoms with Crippen LogP contribution in [0.1, 0.15) is 32.6 Å². The van der Waals surface area contributed by atoms with Gasteiger partial charge in [0.05, 0.1) is 0 Å². The maximum Gasteiger partial charge on any atom is 0.0487 e. The van der Waals surface area contributed by atoms with Crippen LogP contribution in [0.15, 0.2) is 0 Å². The molecule has 14 heavy (non-hydrogen) atoms. The molecule has 0 aromatic carbocycles. The summed E-state index contributed by atoms with van der Waals surface area (Å²) in [5, 5.41) is 3.31. The van der Waals surface area contributed by atoms with E-state index in [9.17, 15) is 0 Å². The van der Waals surface area contributed by atoms with E-state index < -0.39 is 0 Å². The third-order valence-corrected chi connectivity index (χ3v) is 2.03. The summed E-state index contributed by atoms with van der Waals surface area (Å²) in [5.41, 5.74) is 0. The fourth-order valence-corrected chi connectivity index (χ4v) is 1.22. The molecule has 3 heteroatoms. The molecule has 0 unspecified atom stereocenters. The quantitative estimate of drug-likeness (QED) is 0.520. The number of nitrogens with one attached hydrogen (secondary N) is 1. The zero-order valence-electron chi connectivity index (χ0n) is 9.68. The van der Waals surface area contributed by atoms with Crippen molar-refractivity contribution in [3.05, 3.63) is 0 Å². The Balaban J connectivity index is 2.78. The minimum Gasteiger partial charge on any atom is -0.385 e. The van der Waals surface area contributed by atoms with E-state index in [1.807, 2.05) is 0 Å². The van der Waals surface area contributed by atoms with Crippen LogP contribution in [-0.4, -0.2) is 40.0 Å². The summed E-state index contributed by atoms with van der Waals surface area (Å²) in [7, 11) is 1.72. The molecule has 0 aromatic heterocycles. The van der Waals surface area contributed by atoms with Gasteiger partial charge in [-0.2, -0.15) is 0 Å². The Morgan fingerprint density at radius 3 is 2.43 bits per heavy atom. The third kappa shape index (κ3) is 11.9. The van der Waals surface area contributed by atoms with Gasteiger partial charge in [-0.15, -0.1) is 0 Å². The fraction of sp³-hybridized carbons (Fsp3) is 1.00. The summed E-state index contributed by atoms with van der Waals surface area (Å²) in [5.74, 6) is 0. The molecule has 0 spiro atoms. The highest BCUT2D eigenvalue weighted by atomic mass is 16.5. The van der Waals surface area contributed by atoms with Crippen molar-refractivity contribution in [2.45, 2.75) is 32.6 Å². The van der Waals surface area contributed by atoms with Gasteiger partial charge < -0.3 is 14.8 Å². The highest BCUT2D eigenvalue weighted by molar-refractivity contribution is 4.45. The van der Waals surface area contributed by atoms with Crippen LogP contribution in [0.4, 0.5) is 0 Å². The van der Waals surface area contributed by atoms with Crippen molar-refractivity contribution < 1.29 is 9.47 Å². The molecule has 0 aromatic rings. The van der Waals surface area contributed by atoms with E-state index in [0.717, 1.165) is 39.3 Å². The number of hydrogen-bond acceptors (Lipinski definition) is 3. The van der Waals surface area contributed by atoms with Gasteiger partial charge in [0.15, 0.2) is 0 Å². The van der Waals surface area contributed by atoms with E-state index >= 15 is 0 Å². The molecular formula is C11H25NO2. The summed E-state index contributed by atoms with van der Waals surface area (Å²) in [6, 6.07) is 0. The van der Waals surface area contributed by atoms with Gasteiger partial charge in [-0.25, -0.2) is 0 Å². The average Bonchev–Trinajstić information content (AvgIpc) is 2.21. The Hall–Kier alpha value is -0.120. The molecule has 0 bridgehead atoms. The summed E-state index contributed by atoms with van der Waals surface area (Å²) in [6.07, 6.45) is 4.71. The molecule has 0 aliphatic carbocycles. The SMILES string of the molecule is CCNCCCCCOCCCOC. The van der Waals surface area contributed by atoms with E-state index in [2.05, 4.69) is 12.2 Å². The second-order valence-electron chi connectivity index (χ2n) is 3.37. The normalized spacial score (nSPS) is 10.7. The molecular weight excluding hydrogens is 178 g/mol. The van der Waals surface area contributed by atoms with Crippen molar-refractivity contribution in [2.24, 2.45) is 0 Å². The van der Waals surface area contributed by atoms with Crippen molar-refractivity contribution in [2.75, 3.05) is 40.0 Å². The van der Waals surface area contributed by atoms with Crippen molar-refractivity contribution in [3.8, 4) is 0 Å². The van der Waals surface area contributed by atoms with Crippen molar-refractivity contribution >= 4 is 0 Å². The monoisotopic (exact) mass is 203 g/mol. The molecule has 86 valence electrons. The predicted molar refractivity (Wildman–Crippen MR) is 59.7 cm³/mol. The number of ether oxygens (including phenoxy) is 2. The highest BCUT2D eigenvalue weighted by Crippen LogP contribution is 1.95. The molecule has 3 nitrogen and oxygen atoms in total. The third-order valence-electron chi connectivity index (χ3n) is 2.03. The van der Waals surface area contributed by atoms with Crippen LogP contribution in [-0.2, 0) is 9.47 Å². The average molecular weight is 203 g/mol. The van der Waals surface area contributed by atoms with Gasteiger partial charge in [-0.1, -0.05) is 6.92 Å². The molecule has 0 radical (unpaired) electrons. The van der Waals surface area contributed by atoms with Gasteiger partial charge in [0.2, 0.25) is 0 Å². The van der Waals surface area contributed by atoms with E-state index in [-0.39, 0.29) is 0 Å². The van der Waals surface area contributed by atoms with Gasteiger partial charge in [0.25, 0.3) is 0 Å². The summed E-state index contributed by atoms with van der Waals surface area (Å²) in [6.45, 7) is 6.89. The van der Waals surface area contributed by atoms with E-state index in [0.29, 0.717) is 0 Å². The Morgan fingerprint density at radius 1 is 0.929 bits per heavy atom. The molecule has 0 heterocycles. The minimum atomic E-state index is 0.806. The molecule has 0 aliphatic rings. The van der Waals surface area contributed by atoms with Crippen molar-refractivity contribution in [1.82, 2.24) is 5.32 Å². The predicted octanol–water partition coefficient (Wildman–Crippen LogP) is 1.82. The molecule has 0 saturated heterocycles. The molecule has 0 amide bonds. The first-order valence-corrected chi connectivity index (χ1v) is 5.69. The minimum absolute atomic E-state index is 0.806. The van der Waals surface area contributed by atoms with Crippen LogP contribution in [0.2, 0.25) is 0 Å². The first-order valence-electron chi connectivity index (χ1n) is 5.69. The lowest BCUT2D eigenvalue weighted by atomic mass is 10.2. The van der Waals surface area contributed by atoms with Gasteiger partial charge in [-0.05, 0) is 38.8 Å². The molecule has 0 rings (SSSR count). The first-order chi connectivity index (χ1) is 6.91. The maximum absolute atomic E-state index is 5.44. The largest absolute Gasteiger partial charge is 0.385 e. The van der Waals surface area contributed by atoms with Crippen LogP contribution < -0.4 is 5.32 Å². The van der Waals surface area contributed by atoms with Crippen LogP contribution >= 0.6 is 0 Å². The van der Waals surface area contributed by atoms with Gasteiger partial charge in [0.1, 0.15) is 0 Å². The van der Waals surface area contributed by atoms with E-state index in [1.165, 1.54) is 19.3 Å². The molecule has 0 aliphatic heterocycles. The Bertz CT molecular complexity index is 87.3. The second-order valence-corrected chi connectivity index (χ2v) is 3.37. The lowest BCUT2D eigenvalue weighted by molar-refractivity contribution is 0.100. The number of hydrogen-bond donors (Lipinski definition) is 1. The zero-order valence-corrected chi connectivity index (χ0v) is 9.68. The van der Waals surface area contributed by atoms with Crippen LogP contribution in [0.5, 0.6) is 0 Å². The summed E-state index contributed by atoms with van der Waals surface area (Å²) < 4.78 is 10.4. The van der Waals surface area contributed by atoms with Crippen LogP contribution in [0, 0.1) is 0 Å². The van der Waals surface area contributed by atoms with Crippen LogP contribution in [0.3, 0.4) is 0 Å². The van der Waals surface area contributed by atoms with Crippen molar-refractivity contribution in [1.29, 1.82) is 0 Å². The topological polar surface area (TPSA) is 30.5 Å². The molecule has 1 N–H and O–H groups in total. The molecule has 0 atom stereocenters.